The second-order valence-corrected chi connectivity index (χ2v) is 11.2. The van der Waals surface area contributed by atoms with Crippen molar-refractivity contribution in [3.8, 4) is 0 Å². The average molecular weight is 302 g/mol. The molecule has 0 spiro atoms. The minimum atomic E-state index is -0.150. The Labute approximate surface area is 115 Å². The van der Waals surface area contributed by atoms with E-state index in [1.165, 1.54) is 0 Å². The minimum absolute atomic E-state index is 0.150. The van der Waals surface area contributed by atoms with Crippen molar-refractivity contribution in [1.82, 2.24) is 14.1 Å². The van der Waals surface area contributed by atoms with Gasteiger partial charge in [-0.2, -0.15) is 0 Å². The van der Waals surface area contributed by atoms with Gasteiger partial charge in [0.25, 0.3) is 0 Å². The van der Waals surface area contributed by atoms with E-state index in [0.29, 0.717) is 22.6 Å². The Morgan fingerprint density at radius 3 is 1.71 bits per heavy atom. The molecule has 0 aromatic heterocycles. The Morgan fingerprint density at radius 1 is 1.00 bits per heavy atom. The van der Waals surface area contributed by atoms with Crippen molar-refractivity contribution >= 4 is 15.7 Å². The first-order valence-corrected chi connectivity index (χ1v) is 8.52. The molecule has 17 heavy (non-hydrogen) atoms. The summed E-state index contributed by atoms with van der Waals surface area (Å²) in [5.74, 6) is 0. The van der Waals surface area contributed by atoms with E-state index in [1.807, 2.05) is 0 Å². The quantitative estimate of drug-likeness (QED) is 0.600. The molecule has 102 valence electrons. The van der Waals surface area contributed by atoms with Crippen LogP contribution in [0.15, 0.2) is 0 Å². The Bertz CT molecular complexity index is 209. The van der Waals surface area contributed by atoms with Crippen molar-refractivity contribution in [1.29, 1.82) is 0 Å². The van der Waals surface area contributed by atoms with E-state index in [1.54, 1.807) is 0 Å². The number of hydrogen-bond acceptors (Lipinski definition) is 3. The molecule has 0 saturated carbocycles. The van der Waals surface area contributed by atoms with Gasteiger partial charge in [-0.15, -0.1) is 0 Å². The molecule has 0 bridgehead atoms. The molecule has 0 heterocycles. The first-order valence-electron chi connectivity index (χ1n) is 6.53. The zero-order valence-corrected chi connectivity index (χ0v) is 15.2. The summed E-state index contributed by atoms with van der Waals surface area (Å²) in [6.45, 7) is 16.1. The van der Waals surface area contributed by atoms with Gasteiger partial charge in [0.15, 0.2) is 0 Å². The summed E-state index contributed by atoms with van der Waals surface area (Å²) in [5, 5.41) is 3.67. The Kier molecular flexibility index (Phi) is 7.30. The van der Waals surface area contributed by atoms with Crippen LogP contribution in [0.2, 0.25) is 4.25 Å². The predicted molar refractivity (Wildman–Crippen MR) is 78.2 cm³/mol. The molecule has 0 aliphatic heterocycles. The van der Waals surface area contributed by atoms with E-state index in [2.05, 4.69) is 76.6 Å². The molecule has 1 atom stereocenters. The zero-order valence-electron chi connectivity index (χ0n) is 13.1. The van der Waals surface area contributed by atoms with Crippen LogP contribution in [0.1, 0.15) is 48.5 Å². The van der Waals surface area contributed by atoms with Crippen LogP contribution in [-0.2, 0) is 0 Å². The molecule has 3 nitrogen and oxygen atoms in total. The van der Waals surface area contributed by atoms with Crippen molar-refractivity contribution in [3.63, 3.8) is 0 Å². The van der Waals surface area contributed by atoms with Crippen LogP contribution in [0.3, 0.4) is 0 Å². The van der Waals surface area contributed by atoms with Crippen LogP contribution in [0.4, 0.5) is 0 Å². The summed E-state index contributed by atoms with van der Waals surface area (Å²) in [7, 11) is 4.31. The third-order valence-corrected chi connectivity index (χ3v) is 5.80. The second-order valence-electron chi connectivity index (χ2n) is 6.52. The summed E-state index contributed by atoms with van der Waals surface area (Å²) in [6, 6.07) is 1.10. The number of rotatable bonds is 6. The molecule has 0 aliphatic rings. The van der Waals surface area contributed by atoms with Crippen LogP contribution >= 0.6 is 0 Å². The van der Waals surface area contributed by atoms with E-state index < -0.39 is 0 Å². The fraction of sp³-hybridized carbons (Fsp3) is 1.00. The van der Waals surface area contributed by atoms with Crippen molar-refractivity contribution in [2.75, 3.05) is 14.1 Å². The predicted octanol–water partition coefficient (Wildman–Crippen LogP) is 2.38. The van der Waals surface area contributed by atoms with E-state index in [0.717, 1.165) is 0 Å². The standard InChI is InChI=1S/C13H31GeN3/c1-10(2)15-12(16(8)9)17(11(3)4)14-13(5,6)7/h10-12,15H,1-9H3. The number of hydrogen-bond donors (Lipinski definition) is 1. The van der Waals surface area contributed by atoms with E-state index in [4.69, 9.17) is 0 Å². The van der Waals surface area contributed by atoms with Crippen molar-refractivity contribution < 1.29 is 0 Å². The third-order valence-electron chi connectivity index (χ3n) is 2.26. The molecule has 1 N–H and O–H groups in total. The Balaban J connectivity index is 4.84. The maximum atomic E-state index is 3.67. The molecular formula is C13H31GeN3. The van der Waals surface area contributed by atoms with Crippen molar-refractivity contribution in [2.24, 2.45) is 0 Å². The number of nitrogens with zero attached hydrogens (tertiary/aromatic N) is 2. The summed E-state index contributed by atoms with van der Waals surface area (Å²) >= 11 is -0.150. The van der Waals surface area contributed by atoms with E-state index in [-0.39, 0.29) is 15.7 Å². The molecule has 1 unspecified atom stereocenters. The van der Waals surface area contributed by atoms with Gasteiger partial charge in [-0.25, -0.2) is 0 Å². The van der Waals surface area contributed by atoms with Crippen molar-refractivity contribution in [2.45, 2.75) is 71.1 Å². The molecule has 0 amide bonds. The average Bonchev–Trinajstić information content (AvgIpc) is 2.08. The normalized spacial score (nSPS) is 15.4. The van der Waals surface area contributed by atoms with Crippen LogP contribution in [-0.4, -0.2) is 56.9 Å². The molecule has 0 rings (SSSR count). The first-order chi connectivity index (χ1) is 7.54. The summed E-state index contributed by atoms with van der Waals surface area (Å²) < 4.78 is 3.09. The van der Waals surface area contributed by atoms with Gasteiger partial charge in [0, 0.05) is 0 Å². The van der Waals surface area contributed by atoms with E-state index in [9.17, 15) is 0 Å². The third kappa shape index (κ3) is 7.44. The molecule has 0 saturated heterocycles. The molecular weight excluding hydrogens is 271 g/mol. The molecule has 0 fully saturated rings. The fourth-order valence-electron chi connectivity index (χ4n) is 1.64. The Morgan fingerprint density at radius 2 is 1.47 bits per heavy atom. The van der Waals surface area contributed by atoms with E-state index >= 15 is 0 Å². The van der Waals surface area contributed by atoms with Gasteiger partial charge in [-0.1, -0.05) is 0 Å². The van der Waals surface area contributed by atoms with Crippen LogP contribution in [0.25, 0.3) is 0 Å². The Hall–Kier alpha value is 0.423. The van der Waals surface area contributed by atoms with Gasteiger partial charge < -0.3 is 0 Å². The zero-order chi connectivity index (χ0) is 13.8. The van der Waals surface area contributed by atoms with Gasteiger partial charge >= 0.3 is 115 Å². The summed E-state index contributed by atoms with van der Waals surface area (Å²) in [5.41, 5.74) is 0. The second kappa shape index (κ2) is 7.12. The van der Waals surface area contributed by atoms with Gasteiger partial charge in [0.05, 0.1) is 0 Å². The summed E-state index contributed by atoms with van der Waals surface area (Å²) in [6.07, 6.45) is 0.356. The van der Waals surface area contributed by atoms with Gasteiger partial charge in [0.1, 0.15) is 0 Å². The molecule has 0 aromatic carbocycles. The fourth-order valence-corrected chi connectivity index (χ4v) is 4.70. The van der Waals surface area contributed by atoms with Crippen LogP contribution in [0.5, 0.6) is 0 Å². The number of nitrogens with one attached hydrogen (secondary N) is 1. The molecule has 4 heteroatoms. The molecule has 0 aromatic rings. The van der Waals surface area contributed by atoms with Crippen LogP contribution < -0.4 is 5.32 Å². The van der Waals surface area contributed by atoms with Gasteiger partial charge in [0.2, 0.25) is 0 Å². The summed E-state index contributed by atoms with van der Waals surface area (Å²) in [4.78, 5) is 2.29. The van der Waals surface area contributed by atoms with Crippen molar-refractivity contribution in [3.05, 3.63) is 0 Å². The SMILES string of the molecule is CC(C)NC(N(C)C)[N]([Ge][C](C)(C)C)C(C)C. The van der Waals surface area contributed by atoms with Crippen LogP contribution in [0, 0.1) is 0 Å². The topological polar surface area (TPSA) is 18.5 Å². The van der Waals surface area contributed by atoms with Gasteiger partial charge in [-0.3, -0.25) is 0 Å². The maximum absolute atomic E-state index is 3.67. The van der Waals surface area contributed by atoms with Gasteiger partial charge in [-0.05, 0) is 0 Å². The molecule has 0 aliphatic carbocycles. The molecule has 2 radical (unpaired) electrons. The first kappa shape index (κ1) is 17.4. The monoisotopic (exact) mass is 303 g/mol.